The molecule has 2 aliphatic rings. The Labute approximate surface area is 210 Å². The lowest BCUT2D eigenvalue weighted by Crippen LogP contribution is -2.50. The predicted octanol–water partition coefficient (Wildman–Crippen LogP) is 3.30. The van der Waals surface area contributed by atoms with Gasteiger partial charge in [0.1, 0.15) is 23.7 Å². The second-order valence-electron chi connectivity index (χ2n) is 9.22. The van der Waals surface area contributed by atoms with Gasteiger partial charge in [0.15, 0.2) is 0 Å². The summed E-state index contributed by atoms with van der Waals surface area (Å²) in [5, 5.41) is 14.0. The number of anilines is 1. The van der Waals surface area contributed by atoms with Crippen LogP contribution in [0.3, 0.4) is 0 Å². The minimum atomic E-state index is -0.168. The summed E-state index contributed by atoms with van der Waals surface area (Å²) in [5.74, 6) is 1.52. The summed E-state index contributed by atoms with van der Waals surface area (Å²) in [5.41, 5.74) is 2.96. The summed E-state index contributed by atoms with van der Waals surface area (Å²) < 4.78 is 13.4. The van der Waals surface area contributed by atoms with Crippen molar-refractivity contribution >= 4 is 17.2 Å². The minimum absolute atomic E-state index is 0.0931. The van der Waals surface area contributed by atoms with Gasteiger partial charge in [-0.25, -0.2) is 9.50 Å². The first-order chi connectivity index (χ1) is 17.6. The number of pyridine rings is 2. The smallest absolute Gasteiger partial charge is 0.229 e. The lowest BCUT2D eigenvalue weighted by molar-refractivity contribution is -0.133. The molecule has 5 heterocycles. The number of fused-ring (bicyclic) bond motifs is 1. The quantitative estimate of drug-likeness (QED) is 0.493. The van der Waals surface area contributed by atoms with Gasteiger partial charge in [-0.05, 0) is 18.2 Å². The molecule has 0 bridgehead atoms. The van der Waals surface area contributed by atoms with Gasteiger partial charge in [-0.2, -0.15) is 10.4 Å². The first-order valence-electron chi connectivity index (χ1n) is 12.4. The highest BCUT2D eigenvalue weighted by molar-refractivity contribution is 5.85. The number of rotatable bonds is 6. The van der Waals surface area contributed by atoms with Crippen molar-refractivity contribution in [3.63, 3.8) is 0 Å². The van der Waals surface area contributed by atoms with E-state index in [1.54, 1.807) is 16.8 Å². The number of carbonyl (C=O) groups excluding carboxylic acids is 1. The Kier molecular flexibility index (Phi) is 6.87. The van der Waals surface area contributed by atoms with Crippen LogP contribution in [-0.4, -0.2) is 70.9 Å². The first-order valence-corrected chi connectivity index (χ1v) is 12.4. The number of ether oxygens (including phenoxy) is 2. The van der Waals surface area contributed by atoms with Gasteiger partial charge in [-0.1, -0.05) is 13.0 Å². The molecular weight excluding hydrogens is 456 g/mol. The van der Waals surface area contributed by atoms with E-state index in [1.807, 2.05) is 42.4 Å². The van der Waals surface area contributed by atoms with Gasteiger partial charge in [0.25, 0.3) is 0 Å². The standard InChI is InChI=1S/C27H30N6O3/c1-3-19(2)27(34)32-10-8-31(9-11-32)25-5-4-20(16-29-25)24-14-23(36-22-6-12-35-13-7-22)18-33-26(24)21(15-28)17-30-33/h3-5,14,16-19,22H,1,6-13H2,2H3. The summed E-state index contributed by atoms with van der Waals surface area (Å²) in [7, 11) is 0. The Bertz CT molecular complexity index is 1280. The first kappa shape index (κ1) is 23.8. The lowest BCUT2D eigenvalue weighted by atomic mass is 10.0. The Morgan fingerprint density at radius 1 is 1.25 bits per heavy atom. The summed E-state index contributed by atoms with van der Waals surface area (Å²) >= 11 is 0. The highest BCUT2D eigenvalue weighted by Crippen LogP contribution is 2.32. The molecule has 5 rings (SSSR count). The van der Waals surface area contributed by atoms with Crippen molar-refractivity contribution in [3.8, 4) is 22.9 Å². The zero-order valence-electron chi connectivity index (χ0n) is 20.5. The maximum atomic E-state index is 12.4. The molecule has 186 valence electrons. The molecule has 9 nitrogen and oxygen atoms in total. The summed E-state index contributed by atoms with van der Waals surface area (Å²) in [6.07, 6.45) is 8.70. The van der Waals surface area contributed by atoms with Crippen LogP contribution in [0.1, 0.15) is 25.3 Å². The van der Waals surface area contributed by atoms with E-state index < -0.39 is 0 Å². The molecular formula is C27H30N6O3. The number of amides is 1. The number of piperazine rings is 1. The van der Waals surface area contributed by atoms with Gasteiger partial charge in [0.2, 0.25) is 5.91 Å². The number of nitrogens with zero attached hydrogens (tertiary/aromatic N) is 6. The molecule has 0 N–H and O–H groups in total. The largest absolute Gasteiger partial charge is 0.489 e. The molecule has 0 saturated carbocycles. The van der Waals surface area contributed by atoms with Crippen LogP contribution in [0.4, 0.5) is 5.82 Å². The molecule has 1 amide bonds. The average molecular weight is 487 g/mol. The fourth-order valence-electron chi connectivity index (χ4n) is 4.73. The van der Waals surface area contributed by atoms with E-state index in [9.17, 15) is 10.1 Å². The molecule has 9 heteroatoms. The second-order valence-corrected chi connectivity index (χ2v) is 9.22. The van der Waals surface area contributed by atoms with Crippen LogP contribution in [0.2, 0.25) is 0 Å². The van der Waals surface area contributed by atoms with Crippen LogP contribution in [0.25, 0.3) is 16.6 Å². The maximum Gasteiger partial charge on any atom is 0.229 e. The molecule has 0 spiro atoms. The Morgan fingerprint density at radius 2 is 2.03 bits per heavy atom. The zero-order valence-corrected chi connectivity index (χ0v) is 20.5. The Balaban J connectivity index is 1.37. The molecule has 3 aromatic rings. The van der Waals surface area contributed by atoms with E-state index in [1.165, 1.54) is 0 Å². The van der Waals surface area contributed by atoms with Crippen molar-refractivity contribution in [1.82, 2.24) is 19.5 Å². The number of aromatic nitrogens is 3. The van der Waals surface area contributed by atoms with Gasteiger partial charge in [-0.3, -0.25) is 4.79 Å². The number of hydrogen-bond acceptors (Lipinski definition) is 7. The summed E-state index contributed by atoms with van der Waals surface area (Å²) in [6.45, 7) is 9.77. The molecule has 2 fully saturated rings. The van der Waals surface area contributed by atoms with Crippen LogP contribution in [0.5, 0.6) is 5.75 Å². The monoisotopic (exact) mass is 486 g/mol. The summed E-state index contributed by atoms with van der Waals surface area (Å²) in [4.78, 5) is 21.2. The van der Waals surface area contributed by atoms with Crippen LogP contribution in [0, 0.1) is 17.2 Å². The maximum absolute atomic E-state index is 12.4. The van der Waals surface area contributed by atoms with E-state index in [4.69, 9.17) is 14.5 Å². The van der Waals surface area contributed by atoms with Crippen molar-refractivity contribution < 1.29 is 14.3 Å². The Morgan fingerprint density at radius 3 is 2.69 bits per heavy atom. The molecule has 0 aliphatic carbocycles. The van der Waals surface area contributed by atoms with E-state index in [0.717, 1.165) is 48.4 Å². The zero-order chi connectivity index (χ0) is 25.1. The molecule has 1 atom stereocenters. The van der Waals surface area contributed by atoms with Gasteiger partial charge in [0, 0.05) is 56.3 Å². The van der Waals surface area contributed by atoms with Gasteiger partial charge >= 0.3 is 0 Å². The van der Waals surface area contributed by atoms with E-state index in [0.29, 0.717) is 37.6 Å². The summed E-state index contributed by atoms with van der Waals surface area (Å²) in [6, 6.07) is 8.21. The molecule has 36 heavy (non-hydrogen) atoms. The highest BCUT2D eigenvalue weighted by Gasteiger charge is 2.24. The third-order valence-corrected chi connectivity index (χ3v) is 6.90. The lowest BCUT2D eigenvalue weighted by Gasteiger charge is -2.36. The van der Waals surface area contributed by atoms with Crippen LogP contribution < -0.4 is 9.64 Å². The van der Waals surface area contributed by atoms with Crippen LogP contribution >= 0.6 is 0 Å². The van der Waals surface area contributed by atoms with Gasteiger partial charge in [-0.15, -0.1) is 6.58 Å². The van der Waals surface area contributed by atoms with E-state index in [-0.39, 0.29) is 17.9 Å². The molecule has 2 aliphatic heterocycles. The minimum Gasteiger partial charge on any atom is -0.489 e. The average Bonchev–Trinajstić information content (AvgIpc) is 3.35. The number of nitriles is 1. The van der Waals surface area contributed by atoms with Crippen molar-refractivity contribution in [1.29, 1.82) is 5.26 Å². The molecule has 0 aromatic carbocycles. The van der Waals surface area contributed by atoms with Crippen molar-refractivity contribution in [2.75, 3.05) is 44.3 Å². The topological polar surface area (TPSA) is 96.0 Å². The number of carbonyl (C=O) groups is 1. The van der Waals surface area contributed by atoms with Crippen molar-refractivity contribution in [2.24, 2.45) is 5.92 Å². The van der Waals surface area contributed by atoms with Crippen molar-refractivity contribution in [3.05, 3.63) is 55.0 Å². The normalized spacial score (nSPS) is 17.6. The predicted molar refractivity (Wildman–Crippen MR) is 136 cm³/mol. The van der Waals surface area contributed by atoms with Crippen LogP contribution in [0.15, 0.2) is 49.4 Å². The van der Waals surface area contributed by atoms with Gasteiger partial charge in [0.05, 0.1) is 42.6 Å². The fourth-order valence-corrected chi connectivity index (χ4v) is 4.73. The second kappa shape index (κ2) is 10.4. The molecule has 3 aromatic heterocycles. The van der Waals surface area contributed by atoms with Gasteiger partial charge < -0.3 is 19.3 Å². The van der Waals surface area contributed by atoms with Crippen molar-refractivity contribution in [2.45, 2.75) is 25.9 Å². The van der Waals surface area contributed by atoms with E-state index in [2.05, 4.69) is 22.6 Å². The highest BCUT2D eigenvalue weighted by atomic mass is 16.5. The molecule has 1 unspecified atom stereocenters. The molecule has 2 saturated heterocycles. The molecule has 0 radical (unpaired) electrons. The van der Waals surface area contributed by atoms with Crippen LogP contribution in [-0.2, 0) is 9.53 Å². The fraction of sp³-hybridized carbons (Fsp3) is 0.407. The third-order valence-electron chi connectivity index (χ3n) is 6.90. The Hall–Kier alpha value is -3.90. The number of hydrogen-bond donors (Lipinski definition) is 0. The third kappa shape index (κ3) is 4.77. The SMILES string of the molecule is C=CC(C)C(=O)N1CCN(c2ccc(-c3cc(OC4CCOCC4)cn4ncc(C#N)c34)cn2)CC1. The van der Waals surface area contributed by atoms with E-state index >= 15 is 0 Å².